The van der Waals surface area contributed by atoms with Crippen LogP contribution in [-0.4, -0.2) is 11.1 Å². The maximum atomic E-state index is 10.7. The van der Waals surface area contributed by atoms with Gasteiger partial charge in [0.1, 0.15) is 0 Å². The van der Waals surface area contributed by atoms with Crippen LogP contribution in [0, 0.1) is 5.92 Å². The molecule has 0 amide bonds. The van der Waals surface area contributed by atoms with E-state index in [9.17, 15) is 4.79 Å². The lowest BCUT2D eigenvalue weighted by Crippen LogP contribution is -2.06. The van der Waals surface area contributed by atoms with Crippen molar-refractivity contribution in [2.45, 2.75) is 6.42 Å². The SMILES string of the molecule is O=C1OC=CC1CC=CO. The molecular weight excluding hydrogens is 132 g/mol. The van der Waals surface area contributed by atoms with Gasteiger partial charge in [-0.15, -0.1) is 0 Å². The van der Waals surface area contributed by atoms with Gasteiger partial charge in [-0.25, -0.2) is 0 Å². The molecule has 0 spiro atoms. The number of hydrogen-bond acceptors (Lipinski definition) is 3. The summed E-state index contributed by atoms with van der Waals surface area (Å²) in [6.45, 7) is 0. The van der Waals surface area contributed by atoms with E-state index in [-0.39, 0.29) is 11.9 Å². The predicted molar refractivity (Wildman–Crippen MR) is 35.1 cm³/mol. The Morgan fingerprint density at radius 2 is 2.60 bits per heavy atom. The van der Waals surface area contributed by atoms with E-state index in [1.165, 1.54) is 12.3 Å². The molecular formula is C7H8O3. The molecule has 1 atom stereocenters. The molecule has 0 fully saturated rings. The molecule has 1 rings (SSSR count). The Labute approximate surface area is 58.6 Å². The number of esters is 1. The summed E-state index contributed by atoms with van der Waals surface area (Å²) in [5.41, 5.74) is 0. The molecule has 1 aliphatic rings. The third-order valence-corrected chi connectivity index (χ3v) is 1.29. The molecule has 54 valence electrons. The lowest BCUT2D eigenvalue weighted by atomic mass is 10.1. The van der Waals surface area contributed by atoms with Crippen LogP contribution in [0.3, 0.4) is 0 Å². The molecule has 0 aromatic heterocycles. The summed E-state index contributed by atoms with van der Waals surface area (Å²) >= 11 is 0. The molecule has 0 saturated heterocycles. The van der Waals surface area contributed by atoms with Crippen LogP contribution in [0.15, 0.2) is 24.7 Å². The quantitative estimate of drug-likeness (QED) is 0.462. The Morgan fingerprint density at radius 3 is 3.10 bits per heavy atom. The Bertz CT molecular complexity index is 181. The average molecular weight is 140 g/mol. The maximum absolute atomic E-state index is 10.7. The number of cyclic esters (lactones) is 1. The van der Waals surface area contributed by atoms with Gasteiger partial charge in [0.15, 0.2) is 0 Å². The first-order valence-electron chi connectivity index (χ1n) is 3.01. The Balaban J connectivity index is 2.40. The van der Waals surface area contributed by atoms with Crippen LogP contribution in [0.2, 0.25) is 0 Å². The lowest BCUT2D eigenvalue weighted by Gasteiger charge is -1.97. The normalized spacial score (nSPS) is 24.0. The van der Waals surface area contributed by atoms with Crippen molar-refractivity contribution in [1.29, 1.82) is 0 Å². The van der Waals surface area contributed by atoms with E-state index in [0.29, 0.717) is 6.42 Å². The minimum absolute atomic E-state index is 0.205. The van der Waals surface area contributed by atoms with E-state index in [4.69, 9.17) is 5.11 Å². The highest BCUT2D eigenvalue weighted by atomic mass is 16.5. The average Bonchev–Trinajstić information content (AvgIpc) is 2.31. The number of carbonyl (C=O) groups excluding carboxylic acids is 1. The van der Waals surface area contributed by atoms with Gasteiger partial charge in [-0.2, -0.15) is 0 Å². The maximum Gasteiger partial charge on any atom is 0.318 e. The smallest absolute Gasteiger partial charge is 0.318 e. The van der Waals surface area contributed by atoms with Gasteiger partial charge in [0, 0.05) is 0 Å². The fourth-order valence-corrected chi connectivity index (χ4v) is 0.749. The van der Waals surface area contributed by atoms with Gasteiger partial charge in [-0.3, -0.25) is 4.79 Å². The van der Waals surface area contributed by atoms with Crippen molar-refractivity contribution in [2.75, 3.05) is 0 Å². The summed E-state index contributed by atoms with van der Waals surface area (Å²) in [7, 11) is 0. The van der Waals surface area contributed by atoms with Crippen molar-refractivity contribution in [1.82, 2.24) is 0 Å². The number of aliphatic hydroxyl groups excluding tert-OH is 1. The summed E-state index contributed by atoms with van der Waals surface area (Å²) in [4.78, 5) is 10.7. The minimum Gasteiger partial charge on any atom is -0.516 e. The molecule has 1 aliphatic heterocycles. The van der Waals surface area contributed by atoms with Crippen LogP contribution in [-0.2, 0) is 9.53 Å². The zero-order valence-electron chi connectivity index (χ0n) is 5.36. The van der Waals surface area contributed by atoms with E-state index in [1.54, 1.807) is 6.08 Å². The first kappa shape index (κ1) is 6.86. The molecule has 1 heterocycles. The van der Waals surface area contributed by atoms with Crippen molar-refractivity contribution in [3.63, 3.8) is 0 Å². The summed E-state index contributed by atoms with van der Waals surface area (Å²) in [5, 5.41) is 8.26. The third kappa shape index (κ3) is 1.37. The molecule has 0 aromatic carbocycles. The zero-order chi connectivity index (χ0) is 7.40. The predicted octanol–water partition coefficient (Wildman–Crippen LogP) is 1.13. The second-order valence-corrected chi connectivity index (χ2v) is 1.99. The van der Waals surface area contributed by atoms with E-state index in [1.807, 2.05) is 0 Å². The van der Waals surface area contributed by atoms with Gasteiger partial charge in [-0.1, -0.05) is 0 Å². The number of rotatable bonds is 2. The van der Waals surface area contributed by atoms with Gasteiger partial charge in [0.05, 0.1) is 18.4 Å². The fraction of sp³-hybridized carbons (Fsp3) is 0.286. The first-order valence-corrected chi connectivity index (χ1v) is 3.01. The minimum atomic E-state index is -0.252. The van der Waals surface area contributed by atoms with Gasteiger partial charge >= 0.3 is 5.97 Å². The molecule has 0 radical (unpaired) electrons. The molecule has 1 N–H and O–H groups in total. The summed E-state index contributed by atoms with van der Waals surface area (Å²) in [5.74, 6) is -0.457. The van der Waals surface area contributed by atoms with Crippen molar-refractivity contribution >= 4 is 5.97 Å². The van der Waals surface area contributed by atoms with E-state index in [0.717, 1.165) is 6.26 Å². The highest BCUT2D eigenvalue weighted by Gasteiger charge is 2.19. The van der Waals surface area contributed by atoms with Crippen LogP contribution in [0.5, 0.6) is 0 Å². The standard InChI is InChI=1S/C7H8O3/c8-4-1-2-6-3-5-10-7(6)9/h1,3-6,8H,2H2. The van der Waals surface area contributed by atoms with Crippen LogP contribution in [0.1, 0.15) is 6.42 Å². The monoisotopic (exact) mass is 140 g/mol. The van der Waals surface area contributed by atoms with Crippen molar-refractivity contribution < 1.29 is 14.6 Å². The second-order valence-electron chi connectivity index (χ2n) is 1.99. The summed E-state index contributed by atoms with van der Waals surface area (Å²) < 4.78 is 4.53. The zero-order valence-corrected chi connectivity index (χ0v) is 5.36. The Kier molecular flexibility index (Phi) is 2.10. The van der Waals surface area contributed by atoms with Gasteiger partial charge in [-0.05, 0) is 18.6 Å². The highest BCUT2D eigenvalue weighted by Crippen LogP contribution is 2.14. The molecule has 0 bridgehead atoms. The van der Waals surface area contributed by atoms with Crippen LogP contribution < -0.4 is 0 Å². The molecule has 0 aliphatic carbocycles. The van der Waals surface area contributed by atoms with Crippen molar-refractivity contribution in [2.24, 2.45) is 5.92 Å². The number of carbonyl (C=O) groups is 1. The number of hydrogen-bond donors (Lipinski definition) is 1. The summed E-state index contributed by atoms with van der Waals surface area (Å²) in [6, 6.07) is 0. The molecule has 0 saturated carbocycles. The van der Waals surface area contributed by atoms with Gasteiger partial charge < -0.3 is 9.84 Å². The van der Waals surface area contributed by atoms with E-state index in [2.05, 4.69) is 4.74 Å². The van der Waals surface area contributed by atoms with Gasteiger partial charge in [0.25, 0.3) is 0 Å². The Hall–Kier alpha value is -1.25. The topological polar surface area (TPSA) is 46.5 Å². The Morgan fingerprint density at radius 1 is 1.80 bits per heavy atom. The first-order chi connectivity index (χ1) is 4.84. The number of ether oxygens (including phenoxy) is 1. The lowest BCUT2D eigenvalue weighted by molar-refractivity contribution is -0.138. The highest BCUT2D eigenvalue weighted by molar-refractivity contribution is 5.77. The van der Waals surface area contributed by atoms with Crippen LogP contribution >= 0.6 is 0 Å². The number of allylic oxidation sites excluding steroid dienone is 1. The third-order valence-electron chi connectivity index (χ3n) is 1.29. The second kappa shape index (κ2) is 3.06. The summed E-state index contributed by atoms with van der Waals surface area (Å²) in [6.07, 6.45) is 5.99. The fourth-order valence-electron chi connectivity index (χ4n) is 0.749. The van der Waals surface area contributed by atoms with Crippen molar-refractivity contribution in [3.8, 4) is 0 Å². The van der Waals surface area contributed by atoms with Crippen molar-refractivity contribution in [3.05, 3.63) is 24.7 Å². The number of aliphatic hydroxyl groups is 1. The van der Waals surface area contributed by atoms with Crippen LogP contribution in [0.25, 0.3) is 0 Å². The van der Waals surface area contributed by atoms with Crippen LogP contribution in [0.4, 0.5) is 0 Å². The molecule has 10 heavy (non-hydrogen) atoms. The van der Waals surface area contributed by atoms with Gasteiger partial charge in [0.2, 0.25) is 0 Å². The van der Waals surface area contributed by atoms with E-state index < -0.39 is 0 Å². The molecule has 3 nitrogen and oxygen atoms in total. The molecule has 3 heteroatoms. The van der Waals surface area contributed by atoms with E-state index >= 15 is 0 Å². The molecule has 0 aromatic rings. The largest absolute Gasteiger partial charge is 0.516 e. The molecule has 1 unspecified atom stereocenters.